The molecule has 0 saturated carbocycles. The van der Waals surface area contributed by atoms with Gasteiger partial charge >= 0.3 is 0 Å². The molecule has 19 aromatic rings. The van der Waals surface area contributed by atoms with E-state index in [0.29, 0.717) is 52.3 Å². The molecular formula is C107H103ClF2N28O7S2. The molecule has 35 nitrogen and oxygen atoms in total. The zero-order valence-corrected chi connectivity index (χ0v) is 82.6. The normalized spacial score (nSPS) is 17.2. The third kappa shape index (κ3) is 22.1. The average molecular weight is 2030 g/mol. The molecule has 6 saturated heterocycles. The molecule has 5 amide bonds. The van der Waals surface area contributed by atoms with Gasteiger partial charge in [0.15, 0.2) is 45.6 Å². The lowest BCUT2D eigenvalue weighted by Crippen LogP contribution is -2.38. The Morgan fingerprint density at radius 1 is 0.381 bits per heavy atom. The van der Waals surface area contributed by atoms with E-state index in [4.69, 9.17) is 16.0 Å². The molecule has 0 radical (unpaired) electrons. The summed E-state index contributed by atoms with van der Waals surface area (Å²) in [6.07, 6.45) is 40.8. The van der Waals surface area contributed by atoms with Crippen LogP contribution in [0.4, 0.5) is 43.0 Å². The Labute approximate surface area is 855 Å². The Bertz CT molecular complexity index is 7710. The summed E-state index contributed by atoms with van der Waals surface area (Å²) in [5, 5.41) is 35.3. The first-order chi connectivity index (χ1) is 71.8. The van der Waals surface area contributed by atoms with Crippen molar-refractivity contribution in [2.24, 2.45) is 0 Å². The number of piperidine rings is 1. The molecule has 0 unspecified atom stereocenters. The summed E-state index contributed by atoms with van der Waals surface area (Å²) >= 11 is 8.90. The minimum absolute atomic E-state index is 0.00881. The van der Waals surface area contributed by atoms with Gasteiger partial charge in [-0.1, -0.05) is 41.9 Å². The summed E-state index contributed by atoms with van der Waals surface area (Å²) in [6, 6.07) is 47.6. The highest BCUT2D eigenvalue weighted by Gasteiger charge is 2.35. The van der Waals surface area contributed by atoms with Gasteiger partial charge in [0.1, 0.15) is 34.3 Å². The number of carbonyl (C=O) groups excluding carboxylic acids is 5. The monoisotopic (exact) mass is 2030 g/mol. The van der Waals surface area contributed by atoms with Crippen LogP contribution in [0.1, 0.15) is 109 Å². The van der Waals surface area contributed by atoms with Crippen LogP contribution in [0.25, 0.3) is 66.4 Å². The second-order valence-electron chi connectivity index (χ2n) is 36.8. The maximum atomic E-state index is 13.1. The van der Waals surface area contributed by atoms with Crippen molar-refractivity contribution < 1.29 is 42.3 Å². The maximum absolute atomic E-state index is 13.1. The Kier molecular flexibility index (Phi) is 28.5. The molecule has 6 aliphatic rings. The molecule has 21 heterocycles. The summed E-state index contributed by atoms with van der Waals surface area (Å²) in [5.74, 6) is 3.54. The van der Waals surface area contributed by atoms with E-state index < -0.39 is 0 Å². The number of aromatic nitrogens is 17. The topological polar surface area (TPSA) is 367 Å². The number of nitrogens with zero attached hydrogens (tertiary/aromatic N) is 23. The van der Waals surface area contributed by atoms with Gasteiger partial charge in [-0.25, -0.2) is 63.3 Å². The van der Waals surface area contributed by atoms with Gasteiger partial charge < -0.3 is 87.5 Å². The third-order valence-corrected chi connectivity index (χ3v) is 28.9. The SMILES string of the molecule is Cc1cc(Cl)ccc1-n1ccc(C(=O)N[C@H]2CCN(c3nccn4cccc34)C2)n1.Cc1ccn2ccnc(N3CC[C@H](NC(=O)c4csc(N5CCC(O)CC5)n4)C3)c12.O=C(N[C@H]1CCN(c2nccn3cccc23)C1)c1coc(-c2ccc(F)cc2)n1.O=C(N[C@H]1CCN(c2nccn3cccc23)C1)c1csc(-c2ccc(F)cc2)n1.O=C(N[C@H]1CCN(c2nccn3cccc23)C1)c1ncc(-c2ccccc2)cn1. The molecule has 0 spiro atoms. The lowest BCUT2D eigenvalue weighted by Gasteiger charge is -2.29. The van der Waals surface area contributed by atoms with Gasteiger partial charge in [-0.15, -0.1) is 22.7 Å². The molecule has 6 aliphatic heterocycles. The van der Waals surface area contributed by atoms with Crippen LogP contribution >= 0.6 is 34.3 Å². The van der Waals surface area contributed by atoms with E-state index in [1.807, 2.05) is 174 Å². The fourth-order valence-corrected chi connectivity index (χ4v) is 21.2. The van der Waals surface area contributed by atoms with Gasteiger partial charge in [0.2, 0.25) is 11.7 Å². The van der Waals surface area contributed by atoms with E-state index in [-0.39, 0.29) is 94.9 Å². The molecular weight excluding hydrogens is 1930 g/mol. The zero-order valence-electron chi connectivity index (χ0n) is 80.2. The fourth-order valence-electron chi connectivity index (χ4n) is 19.3. The van der Waals surface area contributed by atoms with Gasteiger partial charge in [-0.3, -0.25) is 24.0 Å². The largest absolute Gasteiger partial charge is 0.444 e. The maximum Gasteiger partial charge on any atom is 0.289 e. The number of thiazole rings is 2. The van der Waals surface area contributed by atoms with Crippen LogP contribution in [0.5, 0.6) is 0 Å². The van der Waals surface area contributed by atoms with Crippen molar-refractivity contribution in [3.63, 3.8) is 0 Å². The number of nitrogens with one attached hydrogen (secondary N) is 5. The van der Waals surface area contributed by atoms with Crippen LogP contribution in [0.2, 0.25) is 5.02 Å². The van der Waals surface area contributed by atoms with Crippen molar-refractivity contribution in [3.05, 3.63) is 343 Å². The molecule has 15 aromatic heterocycles. The molecule has 0 aliphatic carbocycles. The summed E-state index contributed by atoms with van der Waals surface area (Å²) in [6.45, 7) is 13.4. The number of aliphatic hydroxyl groups is 1. The first-order valence-electron chi connectivity index (χ1n) is 48.7. The van der Waals surface area contributed by atoms with Crippen LogP contribution < -0.4 is 56.0 Å². The molecule has 25 rings (SSSR count). The van der Waals surface area contributed by atoms with Crippen molar-refractivity contribution >= 4 is 126 Å². The number of hydrogen-bond acceptors (Lipinski definition) is 26. The molecule has 4 aromatic carbocycles. The van der Waals surface area contributed by atoms with Gasteiger partial charge in [0.05, 0.1) is 39.4 Å². The number of fused-ring (bicyclic) bond motifs is 5. The summed E-state index contributed by atoms with van der Waals surface area (Å²) < 4.78 is 43.5. The number of hydrogen-bond donors (Lipinski definition) is 6. The Morgan fingerprint density at radius 2 is 0.810 bits per heavy atom. The van der Waals surface area contributed by atoms with Crippen molar-refractivity contribution in [1.82, 2.24) is 108 Å². The number of benzene rings is 4. The molecule has 147 heavy (non-hydrogen) atoms. The summed E-state index contributed by atoms with van der Waals surface area (Å²) in [5.41, 5.74) is 13.3. The lowest BCUT2D eigenvalue weighted by atomic mass is 10.1. The molecule has 6 N–H and O–H groups in total. The van der Waals surface area contributed by atoms with Crippen molar-refractivity contribution in [2.75, 3.05) is 108 Å². The number of carbonyl (C=O) groups is 5. The van der Waals surface area contributed by atoms with E-state index in [1.165, 1.54) is 58.8 Å². The van der Waals surface area contributed by atoms with Crippen LogP contribution in [0.3, 0.4) is 0 Å². The Hall–Kier alpha value is -16.7. The van der Waals surface area contributed by atoms with Gasteiger partial charge in [-0.2, -0.15) is 5.10 Å². The predicted molar refractivity (Wildman–Crippen MR) is 561 cm³/mol. The zero-order chi connectivity index (χ0) is 101. The molecule has 5 atom stereocenters. The van der Waals surface area contributed by atoms with E-state index >= 15 is 0 Å². The number of halogens is 3. The van der Waals surface area contributed by atoms with Crippen molar-refractivity contribution in [2.45, 2.75) is 95.1 Å². The first kappa shape index (κ1) is 96.5. The van der Waals surface area contributed by atoms with E-state index in [2.05, 4.69) is 149 Å². The quantitative estimate of drug-likeness (QED) is 0.0413. The Balaban J connectivity index is 0.000000108. The molecule has 6 fully saturated rings. The number of anilines is 6. The van der Waals surface area contributed by atoms with Crippen LogP contribution in [-0.4, -0.2) is 231 Å². The highest BCUT2D eigenvalue weighted by atomic mass is 35.5. The number of rotatable bonds is 20. The fraction of sp³-hybridized carbons (Fsp3) is 0.252. The highest BCUT2D eigenvalue weighted by molar-refractivity contribution is 7.14. The second kappa shape index (κ2) is 43.5. The van der Waals surface area contributed by atoms with Crippen molar-refractivity contribution in [3.8, 4) is 38.8 Å². The van der Waals surface area contributed by atoms with Gasteiger partial charge in [0.25, 0.3) is 29.5 Å². The van der Waals surface area contributed by atoms with Crippen LogP contribution in [-0.2, 0) is 0 Å². The first-order valence-corrected chi connectivity index (χ1v) is 50.8. The number of oxazole rings is 1. The standard InChI is InChI=1S/C22H21ClN6O.C22H20N6O.C21H18FN5O2.C21H18FN5OS.C21H26N6O2S/c1-15-13-16(23)4-5-19(15)29-11-7-18(26-29)22(30)25-17-6-10-28(14-17)21-20-3-2-9-27(20)12-8-24-21;29-22(20-24-13-17(14-25-20)16-5-2-1-3-6-16)26-18-8-11-28(15-18)21-19-7-4-10-27(19)12-9-23-21;2*22-15-5-3-14(4-6-15)21-25-17(13-29-21)20(28)24-16-7-10-27(12-16)19-18-2-1-9-26(18)11-8-23-19;1-14-2-7-25-11-6-22-19(18(14)25)27-8-3-15(12-27)23-20(29)17-13-30-21(24-17)26-9-4-16(28)5-10-26/h2-5,7-9,11-13,17H,6,10,14H2,1H3,(H,25,30);1-7,9-10,12-14,18H,8,11,15H2,(H,26,29);2*1-6,8-9,11,13,16H,7,10,12H2,(H,24,28);2,6-7,11,13,15-16,28H,3-5,8-10,12H2,1H3,(H,23,29)/t17-;18-;2*16-;15-/m00000/s1. The summed E-state index contributed by atoms with van der Waals surface area (Å²) in [4.78, 5) is 121. The number of amides is 5. The van der Waals surface area contributed by atoms with Crippen LogP contribution in [0, 0.1) is 25.5 Å². The molecule has 0 bridgehead atoms. The average Bonchev–Trinajstić information content (AvgIpc) is 1.64. The van der Waals surface area contributed by atoms with Gasteiger partial charge in [-0.05, 0) is 203 Å². The summed E-state index contributed by atoms with van der Waals surface area (Å²) in [7, 11) is 0. The van der Waals surface area contributed by atoms with E-state index in [1.54, 1.807) is 83.8 Å². The highest BCUT2D eigenvalue weighted by Crippen LogP contribution is 2.34. The number of aryl methyl sites for hydroxylation is 2. The molecule has 40 heteroatoms. The number of aliphatic hydroxyl groups excluding tert-OH is 1. The third-order valence-electron chi connectivity index (χ3n) is 26.9. The minimum atomic E-state index is -0.339. The molecule has 746 valence electrons. The minimum Gasteiger partial charge on any atom is -0.444 e. The van der Waals surface area contributed by atoms with E-state index in [0.717, 1.165) is 194 Å². The predicted octanol–water partition coefficient (Wildman–Crippen LogP) is 15.1. The van der Waals surface area contributed by atoms with Crippen molar-refractivity contribution in [1.29, 1.82) is 0 Å². The lowest BCUT2D eigenvalue weighted by molar-refractivity contribution is 0.0922. The van der Waals surface area contributed by atoms with E-state index in [9.17, 15) is 37.9 Å². The Morgan fingerprint density at radius 3 is 1.30 bits per heavy atom. The van der Waals surface area contributed by atoms with Gasteiger partial charge in [0, 0.05) is 253 Å². The van der Waals surface area contributed by atoms with Crippen LogP contribution in [0.15, 0.2) is 291 Å². The second-order valence-corrected chi connectivity index (χ2v) is 38.9. The smallest absolute Gasteiger partial charge is 0.289 e.